The van der Waals surface area contributed by atoms with Gasteiger partial charge in [-0.15, -0.1) is 0 Å². The first kappa shape index (κ1) is 23.7. The van der Waals surface area contributed by atoms with Gasteiger partial charge in [-0.3, -0.25) is 14.4 Å². The molecule has 31 heavy (non-hydrogen) atoms. The van der Waals surface area contributed by atoms with Crippen LogP contribution >= 0.6 is 0 Å². The number of carbonyl (C=O) groups is 3. The molecule has 0 radical (unpaired) electrons. The minimum atomic E-state index is -5.01. The Kier molecular flexibility index (Phi) is 7.62. The third-order valence-corrected chi connectivity index (χ3v) is 4.29. The molecule has 2 aromatic rings. The van der Waals surface area contributed by atoms with Gasteiger partial charge in [0.15, 0.2) is 0 Å². The molecule has 0 aromatic heterocycles. The summed E-state index contributed by atoms with van der Waals surface area (Å²) in [5, 5.41) is 4.82. The molecular weight excluding hydrogens is 418 g/mol. The van der Waals surface area contributed by atoms with E-state index in [0.29, 0.717) is 17.7 Å². The van der Waals surface area contributed by atoms with Crippen LogP contribution in [0.15, 0.2) is 53.5 Å². The van der Waals surface area contributed by atoms with E-state index in [1.165, 1.54) is 14.0 Å². The summed E-state index contributed by atoms with van der Waals surface area (Å²) in [6.45, 7) is 1.12. The Morgan fingerprint density at radius 1 is 1.06 bits per heavy atom. The number of aliphatic imine (C=N–C) groups is 1. The molecule has 0 bridgehead atoms. The number of halogens is 4. The van der Waals surface area contributed by atoms with Crippen LogP contribution in [-0.2, 0) is 15.8 Å². The van der Waals surface area contributed by atoms with Crippen LogP contribution in [0.5, 0.6) is 0 Å². The number of nitrogens with one attached hydrogen (secondary N) is 2. The minimum absolute atomic E-state index is 0.131. The first-order valence-electron chi connectivity index (χ1n) is 9.05. The molecule has 2 aromatic carbocycles. The molecule has 6 nitrogen and oxygen atoms in total. The molecule has 0 heterocycles. The maximum absolute atomic E-state index is 13.4. The number of carbonyl (C=O) groups excluding carboxylic acids is 3. The van der Waals surface area contributed by atoms with E-state index in [1.54, 1.807) is 30.3 Å². The Balaban J connectivity index is 2.60. The highest BCUT2D eigenvalue weighted by Crippen LogP contribution is 2.33. The van der Waals surface area contributed by atoms with Crippen molar-refractivity contribution in [3.63, 3.8) is 0 Å². The molecule has 0 fully saturated rings. The maximum atomic E-state index is 13.4. The maximum Gasteiger partial charge on any atom is 0.417 e. The zero-order valence-electron chi connectivity index (χ0n) is 16.6. The van der Waals surface area contributed by atoms with Gasteiger partial charge in [-0.2, -0.15) is 13.2 Å². The van der Waals surface area contributed by atoms with Crippen LogP contribution in [0.3, 0.4) is 0 Å². The van der Waals surface area contributed by atoms with Crippen LogP contribution < -0.4 is 10.6 Å². The lowest BCUT2D eigenvalue weighted by atomic mass is 9.92. The van der Waals surface area contributed by atoms with Gasteiger partial charge in [0.1, 0.15) is 11.5 Å². The van der Waals surface area contributed by atoms with E-state index in [9.17, 15) is 31.9 Å². The molecule has 164 valence electrons. The number of benzene rings is 2. The van der Waals surface area contributed by atoms with Crippen LogP contribution in [0.1, 0.15) is 34.3 Å². The van der Waals surface area contributed by atoms with E-state index in [1.807, 2.05) is 0 Å². The van der Waals surface area contributed by atoms with Crippen molar-refractivity contribution in [2.24, 2.45) is 4.99 Å². The van der Waals surface area contributed by atoms with Gasteiger partial charge >= 0.3 is 6.18 Å². The van der Waals surface area contributed by atoms with Crippen LogP contribution in [0, 0.1) is 5.82 Å². The highest BCUT2D eigenvalue weighted by molar-refractivity contribution is 6.42. The number of alkyl halides is 3. The summed E-state index contributed by atoms with van der Waals surface area (Å²) in [5.41, 5.74) is -2.30. The van der Waals surface area contributed by atoms with Crippen molar-refractivity contribution >= 4 is 23.4 Å². The Bertz CT molecular complexity index is 1000. The summed E-state index contributed by atoms with van der Waals surface area (Å²) in [5.74, 6) is -4.70. The molecule has 1 atom stereocenters. The third-order valence-electron chi connectivity index (χ3n) is 4.29. The third kappa shape index (κ3) is 6.21. The zero-order valence-corrected chi connectivity index (χ0v) is 16.6. The SMILES string of the molecule is CNC(=O)C(=NC(=O)c1ccc(F)cc1C(F)(F)F)[C@H](CNC(C)=O)c1ccccc1. The lowest BCUT2D eigenvalue weighted by Gasteiger charge is -2.19. The lowest BCUT2D eigenvalue weighted by Crippen LogP contribution is -2.38. The molecule has 0 saturated heterocycles. The van der Waals surface area contributed by atoms with Gasteiger partial charge in [0.05, 0.1) is 11.1 Å². The monoisotopic (exact) mass is 437 g/mol. The fraction of sp³-hybridized carbons (Fsp3) is 0.238. The van der Waals surface area contributed by atoms with Gasteiger partial charge in [0.2, 0.25) is 5.91 Å². The molecule has 10 heteroatoms. The van der Waals surface area contributed by atoms with Crippen molar-refractivity contribution < 1.29 is 31.9 Å². The molecule has 3 amide bonds. The Morgan fingerprint density at radius 3 is 2.26 bits per heavy atom. The van der Waals surface area contributed by atoms with Crippen LogP contribution in [-0.4, -0.2) is 37.0 Å². The average molecular weight is 437 g/mol. The molecule has 0 aliphatic rings. The van der Waals surface area contributed by atoms with Crippen molar-refractivity contribution in [3.8, 4) is 0 Å². The van der Waals surface area contributed by atoms with E-state index in [-0.39, 0.29) is 12.6 Å². The van der Waals surface area contributed by atoms with Crippen molar-refractivity contribution in [2.45, 2.75) is 19.0 Å². The quantitative estimate of drug-likeness (QED) is 0.538. The second-order valence-electron chi connectivity index (χ2n) is 6.47. The lowest BCUT2D eigenvalue weighted by molar-refractivity contribution is -0.138. The van der Waals surface area contributed by atoms with E-state index >= 15 is 0 Å². The second-order valence-corrected chi connectivity index (χ2v) is 6.47. The molecular formula is C21H19F4N3O3. The summed E-state index contributed by atoms with van der Waals surface area (Å²) in [7, 11) is 1.27. The Hall–Kier alpha value is -3.56. The number of hydrogen-bond acceptors (Lipinski definition) is 3. The molecule has 0 aliphatic heterocycles. The van der Waals surface area contributed by atoms with Crippen molar-refractivity contribution in [1.82, 2.24) is 10.6 Å². The standard InChI is InChI=1S/C21H19F4N3O3/c1-12(29)27-11-16(13-6-4-3-5-7-13)18(20(31)26-2)28-19(30)15-9-8-14(22)10-17(15)21(23,24)25/h3-10,16H,11H2,1-2H3,(H,26,31)(H,27,29)/t16-/m1/s1. The summed E-state index contributed by atoms with van der Waals surface area (Å²) < 4.78 is 53.2. The first-order chi connectivity index (χ1) is 14.5. The largest absolute Gasteiger partial charge is 0.417 e. The molecule has 0 unspecified atom stereocenters. The Morgan fingerprint density at radius 2 is 1.71 bits per heavy atom. The van der Waals surface area contributed by atoms with Gasteiger partial charge in [0, 0.05) is 26.4 Å². The predicted molar refractivity (Wildman–Crippen MR) is 105 cm³/mol. The number of amides is 3. The van der Waals surface area contributed by atoms with Gasteiger partial charge in [-0.05, 0) is 23.8 Å². The van der Waals surface area contributed by atoms with Gasteiger partial charge in [0.25, 0.3) is 11.8 Å². The topological polar surface area (TPSA) is 87.6 Å². The van der Waals surface area contributed by atoms with Crippen LogP contribution in [0.4, 0.5) is 17.6 Å². The fourth-order valence-corrected chi connectivity index (χ4v) is 2.83. The zero-order chi connectivity index (χ0) is 23.2. The minimum Gasteiger partial charge on any atom is -0.355 e. The van der Waals surface area contributed by atoms with E-state index in [4.69, 9.17) is 0 Å². The fourth-order valence-electron chi connectivity index (χ4n) is 2.83. The molecule has 2 rings (SSSR count). The van der Waals surface area contributed by atoms with Crippen LogP contribution in [0.2, 0.25) is 0 Å². The highest BCUT2D eigenvalue weighted by Gasteiger charge is 2.36. The molecule has 0 saturated carbocycles. The van der Waals surface area contributed by atoms with Crippen molar-refractivity contribution in [3.05, 3.63) is 71.0 Å². The van der Waals surface area contributed by atoms with Gasteiger partial charge in [-0.1, -0.05) is 30.3 Å². The number of nitrogens with zero attached hydrogens (tertiary/aromatic N) is 1. The molecule has 0 spiro atoms. The second kappa shape index (κ2) is 9.96. The summed E-state index contributed by atoms with van der Waals surface area (Å²) in [6.07, 6.45) is -5.01. The molecule has 0 aliphatic carbocycles. The Labute approximate surface area is 175 Å². The summed E-state index contributed by atoms with van der Waals surface area (Å²) >= 11 is 0. The van der Waals surface area contributed by atoms with Crippen LogP contribution in [0.25, 0.3) is 0 Å². The summed E-state index contributed by atoms with van der Waals surface area (Å²) in [4.78, 5) is 40.2. The van der Waals surface area contributed by atoms with Gasteiger partial charge < -0.3 is 10.6 Å². The number of rotatable bonds is 6. The first-order valence-corrected chi connectivity index (χ1v) is 9.05. The molecule has 2 N–H and O–H groups in total. The van der Waals surface area contributed by atoms with E-state index in [2.05, 4.69) is 15.6 Å². The van der Waals surface area contributed by atoms with E-state index in [0.717, 1.165) is 0 Å². The van der Waals surface area contributed by atoms with Crippen molar-refractivity contribution in [2.75, 3.05) is 13.6 Å². The highest BCUT2D eigenvalue weighted by atomic mass is 19.4. The summed E-state index contributed by atoms with van der Waals surface area (Å²) in [6, 6.07) is 9.80. The normalized spacial score (nSPS) is 12.8. The van der Waals surface area contributed by atoms with Crippen molar-refractivity contribution in [1.29, 1.82) is 0 Å². The average Bonchev–Trinajstić information content (AvgIpc) is 2.72. The smallest absolute Gasteiger partial charge is 0.355 e. The number of hydrogen-bond donors (Lipinski definition) is 2. The predicted octanol–water partition coefficient (Wildman–Crippen LogP) is 3.09. The van der Waals surface area contributed by atoms with E-state index < -0.39 is 52.5 Å². The van der Waals surface area contributed by atoms with Gasteiger partial charge in [-0.25, -0.2) is 9.38 Å².